The van der Waals surface area contributed by atoms with E-state index in [9.17, 15) is 0 Å². The Balaban J connectivity index is 2.40. The van der Waals surface area contributed by atoms with Gasteiger partial charge in [0.1, 0.15) is 5.82 Å². The number of hydrogen-bond donors (Lipinski definition) is 1. The molecule has 1 unspecified atom stereocenters. The normalized spacial score (nSPS) is 13.4. The number of fused-ring (bicyclic) bond motifs is 1. The van der Waals surface area contributed by atoms with Crippen LogP contribution in [0.4, 0.5) is 0 Å². The molecule has 2 N–H and O–H groups in total. The summed E-state index contributed by atoms with van der Waals surface area (Å²) < 4.78 is 1.80. The van der Waals surface area contributed by atoms with E-state index in [0.29, 0.717) is 0 Å². The van der Waals surface area contributed by atoms with Gasteiger partial charge in [0.15, 0.2) is 5.65 Å². The Bertz CT molecular complexity index is 444. The van der Waals surface area contributed by atoms with Crippen molar-refractivity contribution in [3.8, 4) is 0 Å². The summed E-state index contributed by atoms with van der Waals surface area (Å²) in [7, 11) is 0. The van der Waals surface area contributed by atoms with Gasteiger partial charge in [-0.15, -0.1) is 0 Å². The number of aromatic nitrogens is 3. The maximum atomic E-state index is 5.73. The van der Waals surface area contributed by atoms with Gasteiger partial charge in [0, 0.05) is 12.2 Å². The Morgan fingerprint density at radius 2 is 2.29 bits per heavy atom. The van der Waals surface area contributed by atoms with E-state index in [4.69, 9.17) is 5.73 Å². The second-order valence-electron chi connectivity index (χ2n) is 3.68. The summed E-state index contributed by atoms with van der Waals surface area (Å²) in [5.74, 6) is 0.794. The van der Waals surface area contributed by atoms with Crippen LogP contribution in [0.3, 0.4) is 0 Å². The lowest BCUT2D eigenvalue weighted by Gasteiger charge is -2.04. The molecule has 0 aliphatic carbocycles. The minimum absolute atomic E-state index is 0.178. The molecule has 0 saturated carbocycles. The largest absolute Gasteiger partial charge is 0.328 e. The van der Waals surface area contributed by atoms with Crippen molar-refractivity contribution in [2.75, 3.05) is 0 Å². The van der Waals surface area contributed by atoms with E-state index in [1.54, 1.807) is 4.52 Å². The molecular weight excluding hydrogens is 176 g/mol. The fourth-order valence-corrected chi connectivity index (χ4v) is 1.53. The predicted molar refractivity (Wildman–Crippen MR) is 55.1 cm³/mol. The van der Waals surface area contributed by atoms with Crippen LogP contribution in [0.1, 0.15) is 18.3 Å². The first-order chi connectivity index (χ1) is 6.65. The highest BCUT2D eigenvalue weighted by Gasteiger charge is 2.02. The Labute approximate surface area is 82.8 Å². The molecule has 74 valence electrons. The van der Waals surface area contributed by atoms with E-state index < -0.39 is 0 Å². The smallest absolute Gasteiger partial charge is 0.155 e. The fourth-order valence-electron chi connectivity index (χ4n) is 1.53. The first-order valence-electron chi connectivity index (χ1n) is 4.72. The van der Waals surface area contributed by atoms with Crippen LogP contribution in [-0.4, -0.2) is 20.6 Å². The number of rotatable bonds is 2. The lowest BCUT2D eigenvalue weighted by Crippen LogP contribution is -2.17. The molecular formula is C10H14N4. The highest BCUT2D eigenvalue weighted by Crippen LogP contribution is 2.06. The van der Waals surface area contributed by atoms with Crippen molar-refractivity contribution < 1.29 is 0 Å². The van der Waals surface area contributed by atoms with Crippen molar-refractivity contribution >= 4 is 5.65 Å². The summed E-state index contributed by atoms with van der Waals surface area (Å²) in [6.45, 7) is 3.88. The molecule has 2 rings (SSSR count). The lowest BCUT2D eigenvalue weighted by molar-refractivity contribution is 0.731. The van der Waals surface area contributed by atoms with Gasteiger partial charge in [0.2, 0.25) is 0 Å². The van der Waals surface area contributed by atoms with E-state index >= 15 is 0 Å². The molecule has 4 nitrogen and oxygen atoms in total. The quantitative estimate of drug-likeness (QED) is 0.766. The molecule has 0 bridgehead atoms. The minimum atomic E-state index is 0.178. The topological polar surface area (TPSA) is 56.2 Å². The second-order valence-corrected chi connectivity index (χ2v) is 3.68. The fraction of sp³-hybridized carbons (Fsp3) is 0.400. The van der Waals surface area contributed by atoms with Crippen LogP contribution in [0.15, 0.2) is 18.3 Å². The molecule has 14 heavy (non-hydrogen) atoms. The molecule has 2 aromatic heterocycles. The summed E-state index contributed by atoms with van der Waals surface area (Å²) in [6, 6.07) is 4.20. The molecule has 0 aromatic carbocycles. The van der Waals surface area contributed by atoms with Crippen LogP contribution in [0.25, 0.3) is 5.65 Å². The van der Waals surface area contributed by atoms with Crippen molar-refractivity contribution in [3.63, 3.8) is 0 Å². The minimum Gasteiger partial charge on any atom is -0.328 e. The summed E-state index contributed by atoms with van der Waals surface area (Å²) in [5.41, 5.74) is 7.81. The van der Waals surface area contributed by atoms with Crippen LogP contribution in [-0.2, 0) is 6.42 Å². The van der Waals surface area contributed by atoms with Crippen LogP contribution in [0.5, 0.6) is 0 Å². The summed E-state index contributed by atoms with van der Waals surface area (Å²) in [4.78, 5) is 4.25. The van der Waals surface area contributed by atoms with Crippen LogP contribution in [0.2, 0.25) is 0 Å². The number of nitrogens with zero attached hydrogens (tertiary/aromatic N) is 3. The standard InChI is InChI=1S/C10H14N4/c1-7(11)5-9-3-4-10-12-8(2)13-14(10)6-9/h3-4,6-7H,5,11H2,1-2H3. The van der Waals surface area contributed by atoms with Crippen molar-refractivity contribution in [3.05, 3.63) is 29.7 Å². The van der Waals surface area contributed by atoms with Crippen molar-refractivity contribution in [1.82, 2.24) is 14.6 Å². The highest BCUT2D eigenvalue weighted by molar-refractivity contribution is 5.38. The van der Waals surface area contributed by atoms with E-state index in [-0.39, 0.29) is 6.04 Å². The summed E-state index contributed by atoms with van der Waals surface area (Å²) >= 11 is 0. The van der Waals surface area contributed by atoms with E-state index in [0.717, 1.165) is 17.9 Å². The molecule has 0 fully saturated rings. The Kier molecular flexibility index (Phi) is 2.21. The maximum absolute atomic E-state index is 5.73. The Morgan fingerprint density at radius 3 is 3.00 bits per heavy atom. The van der Waals surface area contributed by atoms with Crippen LogP contribution in [0, 0.1) is 6.92 Å². The average Bonchev–Trinajstić information content (AvgIpc) is 2.42. The number of aryl methyl sites for hydroxylation is 1. The third-order valence-electron chi connectivity index (χ3n) is 2.06. The Morgan fingerprint density at radius 1 is 1.50 bits per heavy atom. The SMILES string of the molecule is Cc1nc2ccc(CC(C)N)cn2n1. The first kappa shape index (κ1) is 9.15. The molecule has 0 amide bonds. The molecule has 0 spiro atoms. The molecule has 4 heteroatoms. The number of hydrogen-bond acceptors (Lipinski definition) is 3. The van der Waals surface area contributed by atoms with Crippen molar-refractivity contribution in [2.24, 2.45) is 5.73 Å². The van der Waals surface area contributed by atoms with Gasteiger partial charge < -0.3 is 5.73 Å². The predicted octanol–water partition coefficient (Wildman–Crippen LogP) is 0.927. The molecule has 0 radical (unpaired) electrons. The van der Waals surface area contributed by atoms with Gasteiger partial charge in [-0.1, -0.05) is 6.07 Å². The van der Waals surface area contributed by atoms with Gasteiger partial charge in [-0.3, -0.25) is 0 Å². The molecule has 0 saturated heterocycles. The molecule has 2 aromatic rings. The van der Waals surface area contributed by atoms with Crippen molar-refractivity contribution in [1.29, 1.82) is 0 Å². The third-order valence-corrected chi connectivity index (χ3v) is 2.06. The summed E-state index contributed by atoms with van der Waals surface area (Å²) in [5, 5.41) is 4.25. The zero-order valence-corrected chi connectivity index (χ0v) is 8.44. The first-order valence-corrected chi connectivity index (χ1v) is 4.72. The van der Waals surface area contributed by atoms with E-state index in [1.807, 2.05) is 32.2 Å². The van der Waals surface area contributed by atoms with Gasteiger partial charge >= 0.3 is 0 Å². The van der Waals surface area contributed by atoms with Crippen LogP contribution < -0.4 is 5.73 Å². The number of nitrogens with two attached hydrogens (primary N) is 1. The molecule has 0 aliphatic heterocycles. The van der Waals surface area contributed by atoms with Gasteiger partial charge in [-0.2, -0.15) is 5.10 Å². The summed E-state index contributed by atoms with van der Waals surface area (Å²) in [6.07, 6.45) is 2.85. The average molecular weight is 190 g/mol. The zero-order valence-electron chi connectivity index (χ0n) is 8.44. The third kappa shape index (κ3) is 1.75. The Hall–Kier alpha value is -1.42. The second kappa shape index (κ2) is 3.38. The maximum Gasteiger partial charge on any atom is 0.155 e. The van der Waals surface area contributed by atoms with Gasteiger partial charge in [-0.05, 0) is 31.9 Å². The monoisotopic (exact) mass is 190 g/mol. The lowest BCUT2D eigenvalue weighted by atomic mass is 10.1. The van der Waals surface area contributed by atoms with Gasteiger partial charge in [0.25, 0.3) is 0 Å². The molecule has 1 atom stereocenters. The molecule has 2 heterocycles. The van der Waals surface area contributed by atoms with Crippen molar-refractivity contribution in [2.45, 2.75) is 26.3 Å². The van der Waals surface area contributed by atoms with E-state index in [1.165, 1.54) is 5.56 Å². The van der Waals surface area contributed by atoms with Gasteiger partial charge in [0.05, 0.1) is 0 Å². The van der Waals surface area contributed by atoms with Gasteiger partial charge in [-0.25, -0.2) is 9.50 Å². The highest BCUT2D eigenvalue weighted by atomic mass is 15.3. The van der Waals surface area contributed by atoms with Crippen LogP contribution >= 0.6 is 0 Å². The zero-order chi connectivity index (χ0) is 10.1. The van der Waals surface area contributed by atoms with E-state index in [2.05, 4.69) is 10.1 Å². The molecule has 0 aliphatic rings. The number of pyridine rings is 1.